The third-order valence-electron chi connectivity index (χ3n) is 2.68. The first-order valence-electron chi connectivity index (χ1n) is 4.08. The molecule has 12 heavy (non-hydrogen) atoms. The molecule has 1 saturated heterocycles. The van der Waals surface area contributed by atoms with E-state index in [0.29, 0.717) is 0 Å². The van der Waals surface area contributed by atoms with Gasteiger partial charge >= 0.3 is 0 Å². The van der Waals surface area contributed by atoms with Crippen LogP contribution in [-0.2, 0) is 4.74 Å². The second kappa shape index (κ2) is 2.96. The first-order chi connectivity index (χ1) is 5.36. The van der Waals surface area contributed by atoms with Crippen molar-refractivity contribution in [3.63, 3.8) is 0 Å². The van der Waals surface area contributed by atoms with Gasteiger partial charge in [0.1, 0.15) is 6.10 Å². The van der Waals surface area contributed by atoms with E-state index in [2.05, 4.69) is 0 Å². The number of hydrogen-bond donors (Lipinski definition) is 3. The summed E-state index contributed by atoms with van der Waals surface area (Å²) in [6.07, 6.45) is -3.41. The summed E-state index contributed by atoms with van der Waals surface area (Å²) in [5.74, 6) is -0.198. The average molecular weight is 176 g/mol. The molecule has 0 amide bonds. The summed E-state index contributed by atoms with van der Waals surface area (Å²) in [6.45, 7) is 5.33. The predicted octanol–water partition coefficient (Wildman–Crippen LogP) is -0.529. The molecule has 4 heteroatoms. The standard InChI is InChI=1S/C8H16O4/c1-4-5(9)6(10)7(11)12-8(4,2)3/h4-7,9-11H,1-3H3/t4-,5-,6-,7?/m0/s1. The average Bonchev–Trinajstić information content (AvgIpc) is 1.97. The molecular weight excluding hydrogens is 160 g/mol. The zero-order chi connectivity index (χ0) is 9.52. The maximum absolute atomic E-state index is 9.46. The van der Waals surface area contributed by atoms with Crippen molar-refractivity contribution in [2.75, 3.05) is 0 Å². The molecular formula is C8H16O4. The first kappa shape index (κ1) is 9.92. The Hall–Kier alpha value is -0.160. The van der Waals surface area contributed by atoms with Gasteiger partial charge in [-0.2, -0.15) is 0 Å². The van der Waals surface area contributed by atoms with Crippen molar-refractivity contribution in [3.8, 4) is 0 Å². The van der Waals surface area contributed by atoms with E-state index < -0.39 is 24.1 Å². The second-order valence-electron chi connectivity index (χ2n) is 3.88. The molecule has 0 spiro atoms. The number of aliphatic hydroxyl groups excluding tert-OH is 3. The van der Waals surface area contributed by atoms with Crippen molar-refractivity contribution in [3.05, 3.63) is 0 Å². The van der Waals surface area contributed by atoms with Crippen LogP contribution >= 0.6 is 0 Å². The molecule has 72 valence electrons. The fourth-order valence-electron chi connectivity index (χ4n) is 1.36. The van der Waals surface area contributed by atoms with Crippen LogP contribution in [0.4, 0.5) is 0 Å². The highest BCUT2D eigenvalue weighted by Gasteiger charge is 2.45. The van der Waals surface area contributed by atoms with Crippen molar-refractivity contribution in [2.45, 2.75) is 44.9 Å². The van der Waals surface area contributed by atoms with Gasteiger partial charge in [0, 0.05) is 5.92 Å². The summed E-state index contributed by atoms with van der Waals surface area (Å²) < 4.78 is 5.11. The van der Waals surface area contributed by atoms with Crippen LogP contribution in [0.2, 0.25) is 0 Å². The maximum Gasteiger partial charge on any atom is 0.184 e. The predicted molar refractivity (Wildman–Crippen MR) is 42.3 cm³/mol. The monoisotopic (exact) mass is 176 g/mol. The highest BCUT2D eigenvalue weighted by atomic mass is 16.6. The van der Waals surface area contributed by atoms with Crippen molar-refractivity contribution >= 4 is 0 Å². The van der Waals surface area contributed by atoms with Gasteiger partial charge < -0.3 is 20.1 Å². The van der Waals surface area contributed by atoms with E-state index >= 15 is 0 Å². The largest absolute Gasteiger partial charge is 0.390 e. The van der Waals surface area contributed by atoms with Gasteiger partial charge in [-0.25, -0.2) is 0 Å². The van der Waals surface area contributed by atoms with E-state index in [1.807, 2.05) is 0 Å². The van der Waals surface area contributed by atoms with Gasteiger partial charge in [-0.05, 0) is 13.8 Å². The third-order valence-corrected chi connectivity index (χ3v) is 2.68. The molecule has 0 aromatic rings. The Kier molecular flexibility index (Phi) is 2.45. The molecule has 1 fully saturated rings. The van der Waals surface area contributed by atoms with Crippen molar-refractivity contribution in [1.29, 1.82) is 0 Å². The lowest BCUT2D eigenvalue weighted by Crippen LogP contribution is -2.57. The summed E-state index contributed by atoms with van der Waals surface area (Å²) in [5.41, 5.74) is -0.599. The molecule has 4 atom stereocenters. The summed E-state index contributed by atoms with van der Waals surface area (Å²) in [7, 11) is 0. The molecule has 0 aliphatic carbocycles. The summed E-state index contributed by atoms with van der Waals surface area (Å²) >= 11 is 0. The van der Waals surface area contributed by atoms with E-state index in [1.165, 1.54) is 0 Å². The van der Waals surface area contributed by atoms with Gasteiger partial charge in [0.25, 0.3) is 0 Å². The minimum absolute atomic E-state index is 0.198. The Morgan fingerprint density at radius 2 is 1.58 bits per heavy atom. The van der Waals surface area contributed by atoms with Gasteiger partial charge in [-0.1, -0.05) is 6.92 Å². The smallest absolute Gasteiger partial charge is 0.184 e. The molecule has 0 aromatic heterocycles. The normalized spacial score (nSPS) is 47.5. The summed E-state index contributed by atoms with van der Waals surface area (Å²) in [4.78, 5) is 0. The van der Waals surface area contributed by atoms with Crippen LogP contribution in [-0.4, -0.2) is 39.4 Å². The number of aliphatic hydroxyl groups is 3. The minimum Gasteiger partial charge on any atom is -0.390 e. The number of rotatable bonds is 0. The molecule has 3 N–H and O–H groups in total. The molecule has 1 aliphatic rings. The van der Waals surface area contributed by atoms with Crippen molar-refractivity contribution < 1.29 is 20.1 Å². The van der Waals surface area contributed by atoms with Gasteiger partial charge in [0.2, 0.25) is 0 Å². The fraction of sp³-hybridized carbons (Fsp3) is 1.00. The van der Waals surface area contributed by atoms with Crippen molar-refractivity contribution in [2.24, 2.45) is 5.92 Å². The molecule has 1 aliphatic heterocycles. The summed E-state index contributed by atoms with van der Waals surface area (Å²) in [6, 6.07) is 0. The van der Waals surface area contributed by atoms with Gasteiger partial charge in [-0.15, -0.1) is 0 Å². The van der Waals surface area contributed by atoms with Crippen LogP contribution in [0.25, 0.3) is 0 Å². The highest BCUT2D eigenvalue weighted by Crippen LogP contribution is 2.32. The van der Waals surface area contributed by atoms with Gasteiger partial charge in [0.15, 0.2) is 6.29 Å². The molecule has 1 rings (SSSR count). The lowest BCUT2D eigenvalue weighted by atomic mass is 9.82. The molecule has 4 nitrogen and oxygen atoms in total. The first-order valence-corrected chi connectivity index (χ1v) is 4.08. The second-order valence-corrected chi connectivity index (χ2v) is 3.88. The molecule has 0 aromatic carbocycles. The minimum atomic E-state index is -1.29. The lowest BCUT2D eigenvalue weighted by Gasteiger charge is -2.44. The van der Waals surface area contributed by atoms with Gasteiger partial charge in [-0.3, -0.25) is 0 Å². The lowest BCUT2D eigenvalue weighted by molar-refractivity contribution is -0.294. The molecule has 0 saturated carbocycles. The van der Waals surface area contributed by atoms with Crippen LogP contribution < -0.4 is 0 Å². The molecule has 0 bridgehead atoms. The van der Waals surface area contributed by atoms with Crippen LogP contribution in [0.15, 0.2) is 0 Å². The topological polar surface area (TPSA) is 69.9 Å². The molecule has 1 heterocycles. The SMILES string of the molecule is C[C@H]1[C@H](O)[C@H](O)C(O)OC1(C)C. The molecule has 1 unspecified atom stereocenters. The van der Waals surface area contributed by atoms with E-state index in [0.717, 1.165) is 0 Å². The summed E-state index contributed by atoms with van der Waals surface area (Å²) in [5, 5.41) is 27.9. The fourth-order valence-corrected chi connectivity index (χ4v) is 1.36. The highest BCUT2D eigenvalue weighted by molar-refractivity contribution is 4.91. The van der Waals surface area contributed by atoms with Crippen LogP contribution in [0, 0.1) is 5.92 Å². The van der Waals surface area contributed by atoms with Crippen LogP contribution in [0.1, 0.15) is 20.8 Å². The Morgan fingerprint density at radius 1 is 1.08 bits per heavy atom. The Labute approximate surface area is 71.8 Å². The van der Waals surface area contributed by atoms with E-state index in [4.69, 9.17) is 9.84 Å². The van der Waals surface area contributed by atoms with E-state index in [1.54, 1.807) is 20.8 Å². The maximum atomic E-state index is 9.46. The van der Waals surface area contributed by atoms with E-state index in [9.17, 15) is 10.2 Å². The number of hydrogen-bond acceptors (Lipinski definition) is 4. The third kappa shape index (κ3) is 1.47. The zero-order valence-corrected chi connectivity index (χ0v) is 7.56. The Bertz CT molecular complexity index is 168. The molecule has 0 radical (unpaired) electrons. The van der Waals surface area contributed by atoms with Crippen LogP contribution in [0.3, 0.4) is 0 Å². The van der Waals surface area contributed by atoms with Crippen molar-refractivity contribution in [1.82, 2.24) is 0 Å². The Balaban J connectivity index is 2.78. The number of ether oxygens (including phenoxy) is 1. The van der Waals surface area contributed by atoms with Crippen LogP contribution in [0.5, 0.6) is 0 Å². The Morgan fingerprint density at radius 3 is 2.08 bits per heavy atom. The van der Waals surface area contributed by atoms with Gasteiger partial charge in [0.05, 0.1) is 11.7 Å². The quantitative estimate of drug-likeness (QED) is 0.464. The zero-order valence-electron chi connectivity index (χ0n) is 7.56. The van der Waals surface area contributed by atoms with E-state index in [-0.39, 0.29) is 5.92 Å².